The van der Waals surface area contributed by atoms with Crippen molar-refractivity contribution in [3.05, 3.63) is 22.9 Å². The molecule has 1 saturated heterocycles. The predicted octanol–water partition coefficient (Wildman–Crippen LogP) is 1.73. The summed E-state index contributed by atoms with van der Waals surface area (Å²) in [6.45, 7) is 5.28. The Kier molecular flexibility index (Phi) is 4.13. The third kappa shape index (κ3) is 2.90. The van der Waals surface area contributed by atoms with Crippen molar-refractivity contribution in [2.75, 3.05) is 31.6 Å². The number of thiocarbonyl (C=S) groups is 1. The van der Waals surface area contributed by atoms with Crippen molar-refractivity contribution < 1.29 is 0 Å². The average molecular weight is 304 g/mol. The lowest BCUT2D eigenvalue weighted by atomic mass is 9.94. The third-order valence-corrected chi connectivity index (χ3v) is 5.03. The van der Waals surface area contributed by atoms with Crippen LogP contribution in [0, 0.1) is 0 Å². The lowest BCUT2D eigenvalue weighted by molar-refractivity contribution is 0.233. The van der Waals surface area contributed by atoms with Crippen molar-refractivity contribution in [1.29, 1.82) is 0 Å². The minimum atomic E-state index is 0.470. The molecule has 1 aromatic rings. The highest BCUT2D eigenvalue weighted by Gasteiger charge is 2.25. The molecule has 114 valence electrons. The van der Waals surface area contributed by atoms with Gasteiger partial charge in [0.25, 0.3) is 0 Å². The summed E-state index contributed by atoms with van der Waals surface area (Å²) in [5.41, 5.74) is 9.53. The molecular formula is C16H24N4S. The number of aryl methyl sites for hydroxylation is 2. The fraction of sp³-hybridized carbons (Fsp3) is 0.625. The molecule has 0 amide bonds. The number of hydrogen-bond acceptors (Lipinski definition) is 4. The largest absolute Gasteiger partial charge is 0.389 e. The van der Waals surface area contributed by atoms with Crippen molar-refractivity contribution >= 4 is 23.0 Å². The third-order valence-electron chi connectivity index (χ3n) is 4.81. The van der Waals surface area contributed by atoms with E-state index in [1.165, 1.54) is 24.1 Å². The molecule has 1 aliphatic carbocycles. The van der Waals surface area contributed by atoms with E-state index >= 15 is 0 Å². The predicted molar refractivity (Wildman–Crippen MR) is 91.1 cm³/mol. The molecule has 0 bridgehead atoms. The van der Waals surface area contributed by atoms with Gasteiger partial charge in [-0.1, -0.05) is 12.2 Å². The molecule has 2 heterocycles. The van der Waals surface area contributed by atoms with Crippen molar-refractivity contribution in [3.8, 4) is 0 Å². The second kappa shape index (κ2) is 5.89. The number of aromatic nitrogens is 1. The molecule has 21 heavy (non-hydrogen) atoms. The summed E-state index contributed by atoms with van der Waals surface area (Å²) in [6, 6.07) is 2.72. The molecule has 1 unspecified atom stereocenters. The molecule has 0 saturated carbocycles. The Morgan fingerprint density at radius 2 is 2.10 bits per heavy atom. The van der Waals surface area contributed by atoms with Gasteiger partial charge in [-0.3, -0.25) is 0 Å². The zero-order valence-electron chi connectivity index (χ0n) is 12.9. The van der Waals surface area contributed by atoms with Gasteiger partial charge in [-0.2, -0.15) is 0 Å². The van der Waals surface area contributed by atoms with E-state index in [2.05, 4.69) is 29.8 Å². The van der Waals surface area contributed by atoms with Crippen LogP contribution in [0.4, 0.5) is 5.82 Å². The number of fused-ring (bicyclic) bond motifs is 1. The van der Waals surface area contributed by atoms with E-state index in [1.54, 1.807) is 0 Å². The number of rotatable bonds is 2. The van der Waals surface area contributed by atoms with Crippen LogP contribution in [0.15, 0.2) is 6.07 Å². The molecule has 4 nitrogen and oxygen atoms in total. The topological polar surface area (TPSA) is 45.4 Å². The Morgan fingerprint density at radius 1 is 1.33 bits per heavy atom. The molecule has 1 atom stereocenters. The van der Waals surface area contributed by atoms with Crippen LogP contribution in [0.3, 0.4) is 0 Å². The van der Waals surface area contributed by atoms with Crippen LogP contribution in [-0.2, 0) is 12.8 Å². The van der Waals surface area contributed by atoms with Crippen LogP contribution in [0.25, 0.3) is 0 Å². The molecule has 3 rings (SSSR count). The van der Waals surface area contributed by atoms with E-state index in [0.29, 0.717) is 11.0 Å². The van der Waals surface area contributed by atoms with Gasteiger partial charge >= 0.3 is 0 Å². The van der Waals surface area contributed by atoms with E-state index in [-0.39, 0.29) is 0 Å². The quantitative estimate of drug-likeness (QED) is 0.843. The minimum Gasteiger partial charge on any atom is -0.389 e. The fourth-order valence-corrected chi connectivity index (χ4v) is 3.44. The van der Waals surface area contributed by atoms with E-state index in [9.17, 15) is 0 Å². The van der Waals surface area contributed by atoms with Crippen molar-refractivity contribution in [3.63, 3.8) is 0 Å². The minimum absolute atomic E-state index is 0.470. The zero-order chi connectivity index (χ0) is 15.0. The Bertz CT molecular complexity index is 557. The van der Waals surface area contributed by atoms with Gasteiger partial charge in [0.1, 0.15) is 10.8 Å². The van der Waals surface area contributed by atoms with Gasteiger partial charge in [-0.25, -0.2) is 4.98 Å². The molecular weight excluding hydrogens is 280 g/mol. The van der Waals surface area contributed by atoms with E-state index in [4.69, 9.17) is 22.9 Å². The molecule has 0 radical (unpaired) electrons. The summed E-state index contributed by atoms with van der Waals surface area (Å²) in [6.07, 6.45) is 4.68. The molecule has 1 aromatic heterocycles. The number of hydrogen-bond donors (Lipinski definition) is 1. The maximum absolute atomic E-state index is 5.97. The smallest absolute Gasteiger partial charge is 0.139 e. The monoisotopic (exact) mass is 304 g/mol. The SMILES string of the molecule is CC1CN(c2nc3c(cc2C(N)=S)CCCC3)CCN1C. The van der Waals surface area contributed by atoms with Gasteiger partial charge in [-0.15, -0.1) is 0 Å². The number of nitrogens with zero attached hydrogens (tertiary/aromatic N) is 3. The van der Waals surface area contributed by atoms with E-state index < -0.39 is 0 Å². The second-order valence-corrected chi connectivity index (χ2v) is 6.75. The number of nitrogens with two attached hydrogens (primary N) is 1. The first-order valence-corrected chi connectivity index (χ1v) is 8.25. The molecule has 1 aliphatic heterocycles. The first-order chi connectivity index (χ1) is 10.1. The highest BCUT2D eigenvalue weighted by Crippen LogP contribution is 2.28. The highest BCUT2D eigenvalue weighted by atomic mass is 32.1. The van der Waals surface area contributed by atoms with Crippen LogP contribution in [-0.4, -0.2) is 47.6 Å². The summed E-state index contributed by atoms with van der Waals surface area (Å²) >= 11 is 5.28. The maximum Gasteiger partial charge on any atom is 0.139 e. The van der Waals surface area contributed by atoms with Gasteiger partial charge in [0.2, 0.25) is 0 Å². The maximum atomic E-state index is 5.97. The lowest BCUT2D eigenvalue weighted by Crippen LogP contribution is -2.50. The normalized spacial score (nSPS) is 23.0. The van der Waals surface area contributed by atoms with Gasteiger partial charge in [0.05, 0.1) is 5.56 Å². The van der Waals surface area contributed by atoms with Crippen LogP contribution >= 0.6 is 12.2 Å². The molecule has 5 heteroatoms. The summed E-state index contributed by atoms with van der Waals surface area (Å²) in [5, 5.41) is 0. The zero-order valence-corrected chi connectivity index (χ0v) is 13.7. The fourth-order valence-electron chi connectivity index (χ4n) is 3.29. The highest BCUT2D eigenvalue weighted by molar-refractivity contribution is 7.80. The standard InChI is InChI=1S/C16H24N4S/c1-11-10-20(8-7-19(11)2)16-13(15(17)21)9-12-5-3-4-6-14(12)18-16/h9,11H,3-8,10H2,1-2H3,(H2,17,21). The lowest BCUT2D eigenvalue weighted by Gasteiger charge is -2.39. The summed E-state index contributed by atoms with van der Waals surface area (Å²) < 4.78 is 0. The van der Waals surface area contributed by atoms with E-state index in [1.807, 2.05) is 0 Å². The number of likely N-dealkylation sites (N-methyl/N-ethyl adjacent to an activating group) is 1. The molecule has 0 spiro atoms. The first-order valence-electron chi connectivity index (χ1n) is 7.84. The van der Waals surface area contributed by atoms with Crippen molar-refractivity contribution in [1.82, 2.24) is 9.88 Å². The van der Waals surface area contributed by atoms with Gasteiger partial charge in [0.15, 0.2) is 0 Å². The average Bonchev–Trinajstić information content (AvgIpc) is 2.48. The van der Waals surface area contributed by atoms with Crippen molar-refractivity contribution in [2.45, 2.75) is 38.6 Å². The van der Waals surface area contributed by atoms with Gasteiger partial charge < -0.3 is 15.5 Å². The molecule has 0 aromatic carbocycles. The van der Waals surface area contributed by atoms with E-state index in [0.717, 1.165) is 43.9 Å². The van der Waals surface area contributed by atoms with Gasteiger partial charge in [0, 0.05) is 31.4 Å². The number of anilines is 1. The molecule has 1 fully saturated rings. The first kappa shape index (κ1) is 14.7. The number of pyridine rings is 1. The number of piperazine rings is 1. The van der Waals surface area contributed by atoms with Crippen LogP contribution in [0.2, 0.25) is 0 Å². The summed E-state index contributed by atoms with van der Waals surface area (Å²) in [4.78, 5) is 10.2. The molecule has 2 N–H and O–H groups in total. The van der Waals surface area contributed by atoms with Gasteiger partial charge in [-0.05, 0) is 51.3 Å². The van der Waals surface area contributed by atoms with Crippen LogP contribution < -0.4 is 10.6 Å². The Labute approximate surface area is 132 Å². The Morgan fingerprint density at radius 3 is 2.81 bits per heavy atom. The van der Waals surface area contributed by atoms with Crippen LogP contribution in [0.1, 0.15) is 36.6 Å². The Balaban J connectivity index is 1.98. The summed E-state index contributed by atoms with van der Waals surface area (Å²) in [5.74, 6) is 1.00. The molecule has 2 aliphatic rings. The van der Waals surface area contributed by atoms with Crippen molar-refractivity contribution in [2.24, 2.45) is 5.73 Å². The summed E-state index contributed by atoms with van der Waals surface area (Å²) in [7, 11) is 2.18. The Hall–Kier alpha value is -1.20. The second-order valence-electron chi connectivity index (χ2n) is 6.31. The van der Waals surface area contributed by atoms with Crippen LogP contribution in [0.5, 0.6) is 0 Å².